The number of H-pyrrole nitrogens is 1. The average molecular weight is 373 g/mol. The van der Waals surface area contributed by atoms with Crippen molar-refractivity contribution < 1.29 is 24.0 Å². The van der Waals surface area contributed by atoms with E-state index in [4.69, 9.17) is 4.74 Å². The van der Waals surface area contributed by atoms with E-state index in [0.29, 0.717) is 16.8 Å². The van der Waals surface area contributed by atoms with Gasteiger partial charge in [0.05, 0.1) is 4.92 Å². The minimum absolute atomic E-state index is 0.104. The average Bonchev–Trinajstić information content (AvgIpc) is 2.89. The Labute approximate surface area is 154 Å². The van der Waals surface area contributed by atoms with Gasteiger partial charge in [-0.05, 0) is 39.3 Å². The van der Waals surface area contributed by atoms with Crippen molar-refractivity contribution in [3.63, 3.8) is 0 Å². The minimum atomic E-state index is -1.15. The monoisotopic (exact) mass is 373 g/mol. The molecule has 0 fully saturated rings. The van der Waals surface area contributed by atoms with Crippen LogP contribution in [0.4, 0.5) is 11.4 Å². The lowest BCUT2D eigenvalue weighted by atomic mass is 10.1. The molecule has 0 radical (unpaired) electrons. The molecular weight excluding hydrogens is 354 g/mol. The number of ketones is 1. The number of anilines is 1. The summed E-state index contributed by atoms with van der Waals surface area (Å²) in [7, 11) is 0. The van der Waals surface area contributed by atoms with Crippen molar-refractivity contribution >= 4 is 29.0 Å². The van der Waals surface area contributed by atoms with Gasteiger partial charge in [-0.2, -0.15) is 0 Å². The molecule has 2 aromatic rings. The zero-order chi connectivity index (χ0) is 20.3. The molecule has 9 heteroatoms. The summed E-state index contributed by atoms with van der Waals surface area (Å²) in [5.41, 5.74) is 1.55. The van der Waals surface area contributed by atoms with Gasteiger partial charge in [-0.15, -0.1) is 0 Å². The van der Waals surface area contributed by atoms with Gasteiger partial charge in [-0.1, -0.05) is 6.07 Å². The first kappa shape index (κ1) is 19.8. The fourth-order valence-corrected chi connectivity index (χ4v) is 2.70. The Morgan fingerprint density at radius 2 is 1.93 bits per heavy atom. The summed E-state index contributed by atoms with van der Waals surface area (Å²) in [5.74, 6) is -1.60. The molecule has 2 rings (SSSR count). The molecule has 1 heterocycles. The van der Waals surface area contributed by atoms with Gasteiger partial charge in [-0.25, -0.2) is 4.79 Å². The number of aromatic amines is 1. The number of aryl methyl sites for hydroxylation is 1. The van der Waals surface area contributed by atoms with E-state index in [1.807, 2.05) is 0 Å². The van der Waals surface area contributed by atoms with Gasteiger partial charge in [0.1, 0.15) is 5.69 Å². The maximum Gasteiger partial charge on any atom is 0.355 e. The second kappa shape index (κ2) is 7.81. The van der Waals surface area contributed by atoms with Crippen molar-refractivity contribution in [2.45, 2.75) is 33.8 Å². The Hall–Kier alpha value is -3.49. The number of carbonyl (C=O) groups excluding carboxylic acids is 3. The summed E-state index contributed by atoms with van der Waals surface area (Å²) < 4.78 is 5.15. The number of carbonyl (C=O) groups is 3. The SMILES string of the molecule is CC(=O)c1c(C)[nH]c(C(=O)OC(C)C(=O)Nc2cccc([N+](=O)[O-])c2)c1C. The lowest BCUT2D eigenvalue weighted by Crippen LogP contribution is -2.30. The Kier molecular flexibility index (Phi) is 5.74. The summed E-state index contributed by atoms with van der Waals surface area (Å²) in [6.07, 6.45) is -1.15. The van der Waals surface area contributed by atoms with Crippen LogP contribution in [0.15, 0.2) is 24.3 Å². The first-order valence-corrected chi connectivity index (χ1v) is 8.08. The van der Waals surface area contributed by atoms with E-state index in [0.717, 1.165) is 0 Å². The zero-order valence-corrected chi connectivity index (χ0v) is 15.3. The van der Waals surface area contributed by atoms with Crippen LogP contribution < -0.4 is 5.32 Å². The second-order valence-electron chi connectivity index (χ2n) is 6.03. The van der Waals surface area contributed by atoms with E-state index in [-0.39, 0.29) is 22.9 Å². The van der Waals surface area contributed by atoms with Gasteiger partial charge in [-0.3, -0.25) is 19.7 Å². The smallest absolute Gasteiger partial charge is 0.355 e. The number of nitro groups is 1. The topological polar surface area (TPSA) is 131 Å². The third kappa shape index (κ3) is 4.38. The number of non-ortho nitro benzene ring substituents is 1. The van der Waals surface area contributed by atoms with Crippen LogP contribution in [0, 0.1) is 24.0 Å². The number of nitrogens with one attached hydrogen (secondary N) is 2. The molecule has 9 nitrogen and oxygen atoms in total. The van der Waals surface area contributed by atoms with Crippen LogP contribution in [0.25, 0.3) is 0 Å². The summed E-state index contributed by atoms with van der Waals surface area (Å²) in [5, 5.41) is 13.2. The fourth-order valence-electron chi connectivity index (χ4n) is 2.70. The Morgan fingerprint density at radius 3 is 2.48 bits per heavy atom. The van der Waals surface area contributed by atoms with Crippen LogP contribution in [0.3, 0.4) is 0 Å². The number of nitro benzene ring substituents is 1. The maximum absolute atomic E-state index is 12.3. The maximum atomic E-state index is 12.3. The molecule has 0 aliphatic rings. The molecule has 0 aliphatic carbocycles. The second-order valence-corrected chi connectivity index (χ2v) is 6.03. The molecule has 27 heavy (non-hydrogen) atoms. The molecule has 0 aliphatic heterocycles. The van der Waals surface area contributed by atoms with Gasteiger partial charge >= 0.3 is 5.97 Å². The molecule has 1 aromatic heterocycles. The quantitative estimate of drug-likeness (QED) is 0.346. The van der Waals surface area contributed by atoms with Crippen molar-refractivity contribution in [3.05, 3.63) is 56.9 Å². The van der Waals surface area contributed by atoms with Crippen LogP contribution in [-0.2, 0) is 9.53 Å². The van der Waals surface area contributed by atoms with Crippen LogP contribution in [0.1, 0.15) is 46.0 Å². The highest BCUT2D eigenvalue weighted by Crippen LogP contribution is 2.20. The van der Waals surface area contributed by atoms with Gasteiger partial charge in [0.15, 0.2) is 11.9 Å². The minimum Gasteiger partial charge on any atom is -0.448 e. The molecule has 0 spiro atoms. The number of hydrogen-bond acceptors (Lipinski definition) is 6. The number of benzene rings is 1. The van der Waals surface area contributed by atoms with Crippen LogP contribution in [-0.4, -0.2) is 33.7 Å². The third-order valence-electron chi connectivity index (χ3n) is 3.97. The summed E-state index contributed by atoms with van der Waals surface area (Å²) >= 11 is 0. The number of rotatable bonds is 6. The van der Waals surface area contributed by atoms with Crippen molar-refractivity contribution in [3.8, 4) is 0 Å². The highest BCUT2D eigenvalue weighted by atomic mass is 16.6. The molecule has 1 unspecified atom stereocenters. The predicted molar refractivity (Wildman–Crippen MR) is 96.9 cm³/mol. The van der Waals surface area contributed by atoms with E-state index < -0.39 is 22.9 Å². The number of esters is 1. The van der Waals surface area contributed by atoms with Crippen LogP contribution in [0.2, 0.25) is 0 Å². The van der Waals surface area contributed by atoms with Gasteiger partial charge in [0.2, 0.25) is 0 Å². The van der Waals surface area contributed by atoms with E-state index in [2.05, 4.69) is 10.3 Å². The summed E-state index contributed by atoms with van der Waals surface area (Å²) in [4.78, 5) is 49.2. The van der Waals surface area contributed by atoms with Crippen molar-refractivity contribution in [2.75, 3.05) is 5.32 Å². The Balaban J connectivity index is 2.09. The molecule has 0 saturated carbocycles. The van der Waals surface area contributed by atoms with Crippen molar-refractivity contribution in [1.82, 2.24) is 4.98 Å². The predicted octanol–water partition coefficient (Wildman–Crippen LogP) is 2.93. The Bertz CT molecular complexity index is 931. The van der Waals surface area contributed by atoms with Crippen molar-refractivity contribution in [1.29, 1.82) is 0 Å². The highest BCUT2D eigenvalue weighted by molar-refractivity contribution is 6.02. The molecule has 2 N–H and O–H groups in total. The first-order valence-electron chi connectivity index (χ1n) is 8.08. The zero-order valence-electron chi connectivity index (χ0n) is 15.3. The number of amides is 1. The third-order valence-corrected chi connectivity index (χ3v) is 3.97. The highest BCUT2D eigenvalue weighted by Gasteiger charge is 2.25. The molecule has 0 saturated heterocycles. The van der Waals surface area contributed by atoms with Gasteiger partial charge in [0.25, 0.3) is 11.6 Å². The molecule has 1 aromatic carbocycles. The fraction of sp³-hybridized carbons (Fsp3) is 0.278. The van der Waals surface area contributed by atoms with Gasteiger partial charge in [0, 0.05) is 29.1 Å². The van der Waals surface area contributed by atoms with Crippen molar-refractivity contribution in [2.24, 2.45) is 0 Å². The molecule has 1 amide bonds. The largest absolute Gasteiger partial charge is 0.448 e. The number of aromatic nitrogens is 1. The van der Waals surface area contributed by atoms with E-state index in [1.54, 1.807) is 13.8 Å². The van der Waals surface area contributed by atoms with E-state index >= 15 is 0 Å². The lowest BCUT2D eigenvalue weighted by molar-refractivity contribution is -0.384. The van der Waals surface area contributed by atoms with E-state index in [9.17, 15) is 24.5 Å². The Morgan fingerprint density at radius 1 is 1.26 bits per heavy atom. The molecule has 142 valence electrons. The van der Waals surface area contributed by atoms with Crippen LogP contribution in [0.5, 0.6) is 0 Å². The lowest BCUT2D eigenvalue weighted by Gasteiger charge is -2.13. The normalized spacial score (nSPS) is 11.6. The van der Waals surface area contributed by atoms with Crippen LogP contribution >= 0.6 is 0 Å². The van der Waals surface area contributed by atoms with Gasteiger partial charge < -0.3 is 15.0 Å². The number of Topliss-reactive ketones (excluding diaryl/α,β-unsaturated/α-hetero) is 1. The number of hydrogen-bond donors (Lipinski definition) is 2. The molecular formula is C18H19N3O6. The number of nitrogens with zero attached hydrogens (tertiary/aromatic N) is 1. The van der Waals surface area contributed by atoms with E-state index in [1.165, 1.54) is 38.1 Å². The standard InChI is InChI=1S/C18H19N3O6/c1-9-15(11(3)22)10(2)19-16(9)18(24)27-12(4)17(23)20-13-6-5-7-14(8-13)21(25)26/h5-8,12,19H,1-4H3,(H,20,23). The summed E-state index contributed by atoms with van der Waals surface area (Å²) in [6, 6.07) is 5.40. The first-order chi connectivity index (χ1) is 12.6. The molecule has 0 bridgehead atoms. The summed E-state index contributed by atoms with van der Waals surface area (Å²) in [6.45, 7) is 6.05. The number of ether oxygens (including phenoxy) is 1. The molecule has 1 atom stereocenters.